The highest BCUT2D eigenvalue weighted by Gasteiger charge is 2.14. The first kappa shape index (κ1) is 14.3. The van der Waals surface area contributed by atoms with Crippen LogP contribution in [0.2, 0.25) is 0 Å². The molecule has 106 valence electrons. The van der Waals surface area contributed by atoms with E-state index in [2.05, 4.69) is 5.32 Å². The van der Waals surface area contributed by atoms with Crippen molar-refractivity contribution in [3.8, 4) is 0 Å². The molecule has 0 fully saturated rings. The van der Waals surface area contributed by atoms with Crippen molar-refractivity contribution in [3.05, 3.63) is 53.5 Å². The maximum absolute atomic E-state index is 12.0. The van der Waals surface area contributed by atoms with Crippen molar-refractivity contribution in [3.63, 3.8) is 0 Å². The van der Waals surface area contributed by atoms with Crippen LogP contribution in [-0.4, -0.2) is 12.5 Å². The van der Waals surface area contributed by atoms with Crippen LogP contribution in [0.5, 0.6) is 0 Å². The molecular formula is C16H21N2O2+. The highest BCUT2D eigenvalue weighted by atomic mass is 16.3. The van der Waals surface area contributed by atoms with Crippen LogP contribution in [0.15, 0.2) is 41.0 Å². The van der Waals surface area contributed by atoms with Crippen molar-refractivity contribution in [2.75, 3.05) is 11.9 Å². The third-order valence-electron chi connectivity index (χ3n) is 3.39. The number of benzene rings is 1. The normalized spacial score (nSPS) is 12.2. The van der Waals surface area contributed by atoms with Gasteiger partial charge in [-0.3, -0.25) is 4.79 Å². The van der Waals surface area contributed by atoms with E-state index in [1.807, 2.05) is 56.4 Å². The molecule has 0 bridgehead atoms. The van der Waals surface area contributed by atoms with E-state index in [1.165, 1.54) is 0 Å². The van der Waals surface area contributed by atoms with E-state index in [4.69, 9.17) is 4.42 Å². The Labute approximate surface area is 119 Å². The monoisotopic (exact) mass is 273 g/mol. The van der Waals surface area contributed by atoms with E-state index in [9.17, 15) is 4.79 Å². The second kappa shape index (κ2) is 6.39. The fourth-order valence-electron chi connectivity index (χ4n) is 2.15. The summed E-state index contributed by atoms with van der Waals surface area (Å²) in [7, 11) is 0. The zero-order valence-corrected chi connectivity index (χ0v) is 12.1. The molecule has 20 heavy (non-hydrogen) atoms. The number of hydrogen-bond donors (Lipinski definition) is 2. The average Bonchev–Trinajstić information content (AvgIpc) is 2.94. The number of nitrogens with one attached hydrogen (secondary N) is 1. The first-order chi connectivity index (χ1) is 9.58. The summed E-state index contributed by atoms with van der Waals surface area (Å²) in [5.41, 5.74) is 3.08. The molecule has 2 rings (SSSR count). The Hall–Kier alpha value is -2.07. The molecule has 0 saturated carbocycles. The maximum Gasteiger partial charge on any atom is 0.279 e. The molecular weight excluding hydrogens is 252 g/mol. The molecule has 0 saturated heterocycles. The van der Waals surface area contributed by atoms with Crippen LogP contribution in [0.4, 0.5) is 5.69 Å². The summed E-state index contributed by atoms with van der Waals surface area (Å²) >= 11 is 0. The van der Waals surface area contributed by atoms with Gasteiger partial charge in [0.15, 0.2) is 12.3 Å². The smallest absolute Gasteiger partial charge is 0.279 e. The summed E-state index contributed by atoms with van der Waals surface area (Å²) in [6.45, 7) is 6.39. The van der Waals surface area contributed by atoms with Gasteiger partial charge in [0.1, 0.15) is 6.04 Å². The van der Waals surface area contributed by atoms with Gasteiger partial charge in [0, 0.05) is 5.69 Å². The Morgan fingerprint density at radius 2 is 1.95 bits per heavy atom. The fraction of sp³-hybridized carbons (Fsp3) is 0.312. The minimum absolute atomic E-state index is 0.000746. The molecule has 1 aromatic heterocycles. The first-order valence-corrected chi connectivity index (χ1v) is 6.80. The molecule has 0 aliphatic heterocycles. The van der Waals surface area contributed by atoms with Crippen LogP contribution in [0.3, 0.4) is 0 Å². The molecule has 0 spiro atoms. The van der Waals surface area contributed by atoms with E-state index in [1.54, 1.807) is 6.26 Å². The van der Waals surface area contributed by atoms with Crippen LogP contribution in [0.1, 0.15) is 29.9 Å². The van der Waals surface area contributed by atoms with Crippen molar-refractivity contribution in [2.24, 2.45) is 0 Å². The van der Waals surface area contributed by atoms with Gasteiger partial charge in [-0.1, -0.05) is 18.2 Å². The van der Waals surface area contributed by atoms with Gasteiger partial charge in [-0.15, -0.1) is 0 Å². The van der Waals surface area contributed by atoms with Gasteiger partial charge in [-0.05, 0) is 44.0 Å². The second-order valence-electron chi connectivity index (χ2n) is 5.06. The van der Waals surface area contributed by atoms with Crippen LogP contribution in [-0.2, 0) is 4.79 Å². The zero-order chi connectivity index (χ0) is 14.5. The molecule has 2 aromatic rings. The third-order valence-corrected chi connectivity index (χ3v) is 3.39. The van der Waals surface area contributed by atoms with Crippen LogP contribution in [0.25, 0.3) is 0 Å². The Bertz CT molecular complexity index is 556. The van der Waals surface area contributed by atoms with Gasteiger partial charge in [0.25, 0.3) is 5.91 Å². The molecule has 4 heteroatoms. The zero-order valence-electron chi connectivity index (χ0n) is 12.1. The van der Waals surface area contributed by atoms with Crippen LogP contribution in [0, 0.1) is 13.8 Å². The highest BCUT2D eigenvalue weighted by Crippen LogP contribution is 2.18. The number of hydrogen-bond acceptors (Lipinski definition) is 2. The number of aryl methyl sites for hydroxylation is 2. The number of carbonyl (C=O) groups excluding carboxylic acids is 1. The van der Waals surface area contributed by atoms with E-state index >= 15 is 0 Å². The lowest BCUT2D eigenvalue weighted by Crippen LogP contribution is -2.86. The second-order valence-corrected chi connectivity index (χ2v) is 5.06. The summed E-state index contributed by atoms with van der Waals surface area (Å²) in [6.07, 6.45) is 1.65. The summed E-state index contributed by atoms with van der Waals surface area (Å²) in [6, 6.07) is 9.90. The molecule has 0 unspecified atom stereocenters. The van der Waals surface area contributed by atoms with Crippen molar-refractivity contribution in [1.29, 1.82) is 0 Å². The highest BCUT2D eigenvalue weighted by molar-refractivity contribution is 5.92. The number of para-hydroxylation sites is 1. The average molecular weight is 273 g/mol. The van der Waals surface area contributed by atoms with E-state index in [-0.39, 0.29) is 11.9 Å². The Morgan fingerprint density at radius 1 is 1.25 bits per heavy atom. The summed E-state index contributed by atoms with van der Waals surface area (Å²) < 4.78 is 5.32. The molecule has 4 nitrogen and oxygen atoms in total. The summed E-state index contributed by atoms with van der Waals surface area (Å²) in [5, 5.41) is 4.94. The van der Waals surface area contributed by atoms with E-state index < -0.39 is 0 Å². The molecule has 0 aliphatic rings. The van der Waals surface area contributed by atoms with Crippen LogP contribution < -0.4 is 10.6 Å². The Morgan fingerprint density at radius 3 is 2.55 bits per heavy atom. The van der Waals surface area contributed by atoms with Gasteiger partial charge in [-0.25, -0.2) is 0 Å². The number of rotatable bonds is 5. The Balaban J connectivity index is 1.90. The third kappa shape index (κ3) is 3.48. The number of amides is 1. The molecule has 1 amide bonds. The molecule has 1 atom stereocenters. The molecule has 0 radical (unpaired) electrons. The van der Waals surface area contributed by atoms with Crippen molar-refractivity contribution in [2.45, 2.75) is 26.8 Å². The minimum atomic E-state index is 0.000746. The number of nitrogens with two attached hydrogens (primary N) is 1. The molecule has 1 aromatic carbocycles. The first-order valence-electron chi connectivity index (χ1n) is 6.80. The van der Waals surface area contributed by atoms with Crippen molar-refractivity contribution in [1.82, 2.24) is 0 Å². The predicted octanol–water partition coefficient (Wildman–Crippen LogP) is 2.16. The van der Waals surface area contributed by atoms with Gasteiger partial charge in [0.2, 0.25) is 0 Å². The number of carbonyl (C=O) groups is 1. The SMILES string of the molecule is Cc1cccc(C)c1NC(=O)C[NH2+][C@H](C)c1ccco1. The van der Waals surface area contributed by atoms with Gasteiger partial charge >= 0.3 is 0 Å². The quantitative estimate of drug-likeness (QED) is 0.877. The molecule has 1 heterocycles. The lowest BCUT2D eigenvalue weighted by Gasteiger charge is -2.12. The number of furan rings is 1. The van der Waals surface area contributed by atoms with Gasteiger partial charge in [0.05, 0.1) is 6.26 Å². The summed E-state index contributed by atoms with van der Waals surface area (Å²) in [4.78, 5) is 12.0. The standard InChI is InChI=1S/C16H20N2O2/c1-11-6-4-7-12(2)16(11)18-15(19)10-17-13(3)14-8-5-9-20-14/h4-9,13,17H,10H2,1-3H3,(H,18,19)/p+1/t13-/m1/s1. The largest absolute Gasteiger partial charge is 0.463 e. The Kier molecular flexibility index (Phi) is 4.58. The lowest BCUT2D eigenvalue weighted by atomic mass is 10.1. The van der Waals surface area contributed by atoms with E-state index in [0.717, 1.165) is 22.6 Å². The van der Waals surface area contributed by atoms with Crippen molar-refractivity contribution >= 4 is 11.6 Å². The number of anilines is 1. The van der Waals surface area contributed by atoms with Gasteiger partial charge < -0.3 is 15.1 Å². The summed E-state index contributed by atoms with van der Waals surface area (Å²) in [5.74, 6) is 0.880. The topological polar surface area (TPSA) is 58.9 Å². The van der Waals surface area contributed by atoms with E-state index in [0.29, 0.717) is 6.54 Å². The fourth-order valence-corrected chi connectivity index (χ4v) is 2.15. The predicted molar refractivity (Wildman–Crippen MR) is 78.5 cm³/mol. The van der Waals surface area contributed by atoms with Gasteiger partial charge in [-0.2, -0.15) is 0 Å². The lowest BCUT2D eigenvalue weighted by molar-refractivity contribution is -0.684. The van der Waals surface area contributed by atoms with Crippen LogP contribution >= 0.6 is 0 Å². The number of quaternary nitrogens is 1. The maximum atomic E-state index is 12.0. The molecule has 0 aliphatic carbocycles. The molecule has 3 N–H and O–H groups in total. The minimum Gasteiger partial charge on any atom is -0.463 e. The van der Waals surface area contributed by atoms with Crippen molar-refractivity contribution < 1.29 is 14.5 Å².